The molecule has 1 aliphatic heterocycles. The molecule has 2 amide bonds. The van der Waals surface area contributed by atoms with E-state index in [1.807, 2.05) is 12.1 Å². The van der Waals surface area contributed by atoms with Crippen molar-refractivity contribution >= 4 is 52.2 Å². The fourth-order valence-corrected chi connectivity index (χ4v) is 3.85. The maximum absolute atomic E-state index is 12.9. The van der Waals surface area contributed by atoms with Crippen molar-refractivity contribution in [3.05, 3.63) is 82.0 Å². The minimum Gasteiger partial charge on any atom is -0.370 e. The van der Waals surface area contributed by atoms with Crippen LogP contribution in [0.25, 0.3) is 0 Å². The summed E-state index contributed by atoms with van der Waals surface area (Å²) in [6.45, 7) is 3.86. The highest BCUT2D eigenvalue weighted by Crippen LogP contribution is 2.24. The first-order valence-corrected chi connectivity index (χ1v) is 11.3. The highest BCUT2D eigenvalue weighted by molar-refractivity contribution is 6.31. The van der Waals surface area contributed by atoms with E-state index in [9.17, 15) is 9.59 Å². The molecule has 7 nitrogen and oxygen atoms in total. The molecular weight excluding hydrogens is 461 g/mol. The molecule has 0 atom stereocenters. The predicted octanol–water partition coefficient (Wildman–Crippen LogP) is 4.69. The second-order valence-electron chi connectivity index (χ2n) is 7.60. The van der Waals surface area contributed by atoms with Crippen molar-refractivity contribution in [1.29, 1.82) is 0 Å². The monoisotopic (exact) mass is 483 g/mol. The van der Waals surface area contributed by atoms with Gasteiger partial charge in [0.25, 0.3) is 11.8 Å². The number of benzene rings is 2. The molecule has 3 aromatic rings. The number of aromatic nitrogens is 1. The highest BCUT2D eigenvalue weighted by atomic mass is 35.5. The molecule has 33 heavy (non-hydrogen) atoms. The van der Waals surface area contributed by atoms with E-state index in [0.717, 1.165) is 38.3 Å². The summed E-state index contributed by atoms with van der Waals surface area (Å²) in [5.74, 6) is -0.436. The molecule has 1 saturated heterocycles. The van der Waals surface area contributed by atoms with E-state index < -0.39 is 5.91 Å². The molecule has 0 aliphatic carbocycles. The van der Waals surface area contributed by atoms with E-state index in [1.165, 1.54) is 12.3 Å². The van der Waals surface area contributed by atoms with Crippen LogP contribution in [0.3, 0.4) is 0 Å². The number of hydrogen-bond donors (Lipinski definition) is 3. The Morgan fingerprint density at radius 3 is 2.42 bits per heavy atom. The van der Waals surface area contributed by atoms with E-state index in [0.29, 0.717) is 27.1 Å². The first kappa shape index (κ1) is 23.0. The van der Waals surface area contributed by atoms with Crippen LogP contribution in [0.15, 0.2) is 60.8 Å². The number of amides is 2. The number of rotatable bonds is 5. The van der Waals surface area contributed by atoms with E-state index >= 15 is 0 Å². The first-order valence-electron chi connectivity index (χ1n) is 10.6. The average Bonchev–Trinajstić information content (AvgIpc) is 3.11. The molecule has 1 aromatic heterocycles. The van der Waals surface area contributed by atoms with Gasteiger partial charge in [0.15, 0.2) is 0 Å². The molecule has 170 valence electrons. The van der Waals surface area contributed by atoms with Gasteiger partial charge >= 0.3 is 0 Å². The molecule has 0 unspecified atom stereocenters. The number of carbonyl (C=O) groups excluding carboxylic acids is 2. The number of hydrogen-bond acceptors (Lipinski definition) is 5. The summed E-state index contributed by atoms with van der Waals surface area (Å²) < 4.78 is 0. The van der Waals surface area contributed by atoms with Gasteiger partial charge in [0.05, 0.1) is 16.3 Å². The average molecular weight is 484 g/mol. The maximum atomic E-state index is 12.9. The third-order valence-corrected chi connectivity index (χ3v) is 5.74. The molecule has 2 aromatic carbocycles. The molecule has 3 N–H and O–H groups in total. The number of carbonyl (C=O) groups is 2. The van der Waals surface area contributed by atoms with Crippen LogP contribution in [0, 0.1) is 0 Å². The Morgan fingerprint density at radius 2 is 1.67 bits per heavy atom. The zero-order chi connectivity index (χ0) is 23.2. The summed E-state index contributed by atoms with van der Waals surface area (Å²) in [6, 6.07) is 15.4. The lowest BCUT2D eigenvalue weighted by molar-refractivity contribution is 0.102. The molecule has 2 heterocycles. The van der Waals surface area contributed by atoms with Crippen molar-refractivity contribution in [1.82, 2.24) is 10.3 Å². The van der Waals surface area contributed by atoms with Crippen LogP contribution in [-0.2, 0) is 0 Å². The lowest BCUT2D eigenvalue weighted by atomic mass is 10.1. The third kappa shape index (κ3) is 6.01. The van der Waals surface area contributed by atoms with Gasteiger partial charge < -0.3 is 20.9 Å². The van der Waals surface area contributed by atoms with Gasteiger partial charge in [-0.3, -0.25) is 9.59 Å². The second-order valence-corrected chi connectivity index (χ2v) is 8.47. The van der Waals surface area contributed by atoms with E-state index in [-0.39, 0.29) is 11.5 Å². The van der Waals surface area contributed by atoms with Crippen LogP contribution < -0.4 is 20.9 Å². The summed E-state index contributed by atoms with van der Waals surface area (Å²) in [4.78, 5) is 32.1. The van der Waals surface area contributed by atoms with Gasteiger partial charge in [-0.25, -0.2) is 4.98 Å². The Balaban J connectivity index is 1.48. The SMILES string of the molecule is O=C(Nc1ccc(Cl)cc1C(=O)Nc1ccc(Cl)cn1)c1ccc(N2CCCNCC2)cc1. The molecular formula is C24H23Cl2N5O2. The van der Waals surface area contributed by atoms with Crippen LogP contribution in [0.4, 0.5) is 17.2 Å². The highest BCUT2D eigenvalue weighted by Gasteiger charge is 2.17. The van der Waals surface area contributed by atoms with Gasteiger partial charge in [0, 0.05) is 42.1 Å². The van der Waals surface area contributed by atoms with Gasteiger partial charge in [0.2, 0.25) is 0 Å². The predicted molar refractivity (Wildman–Crippen MR) is 133 cm³/mol. The summed E-state index contributed by atoms with van der Waals surface area (Å²) in [5.41, 5.74) is 2.14. The summed E-state index contributed by atoms with van der Waals surface area (Å²) in [6.07, 6.45) is 2.51. The molecule has 1 aliphatic rings. The molecule has 1 fully saturated rings. The number of nitrogens with zero attached hydrogens (tertiary/aromatic N) is 2. The van der Waals surface area contributed by atoms with Crippen LogP contribution in [0.1, 0.15) is 27.1 Å². The maximum Gasteiger partial charge on any atom is 0.258 e. The number of pyridine rings is 1. The topological polar surface area (TPSA) is 86.4 Å². The van der Waals surface area contributed by atoms with Crippen molar-refractivity contribution < 1.29 is 9.59 Å². The van der Waals surface area contributed by atoms with Crippen molar-refractivity contribution in [2.24, 2.45) is 0 Å². The van der Waals surface area contributed by atoms with Crippen LogP contribution in [-0.4, -0.2) is 43.0 Å². The largest absolute Gasteiger partial charge is 0.370 e. The van der Waals surface area contributed by atoms with Crippen LogP contribution >= 0.6 is 23.2 Å². The minimum absolute atomic E-state index is 0.223. The van der Waals surface area contributed by atoms with E-state index in [4.69, 9.17) is 23.2 Å². The van der Waals surface area contributed by atoms with E-state index in [2.05, 4.69) is 25.8 Å². The Labute approximate surface area is 202 Å². The van der Waals surface area contributed by atoms with Gasteiger partial charge in [-0.15, -0.1) is 0 Å². The zero-order valence-corrected chi connectivity index (χ0v) is 19.3. The van der Waals surface area contributed by atoms with Crippen molar-refractivity contribution in [2.45, 2.75) is 6.42 Å². The Hall–Kier alpha value is -3.13. The summed E-state index contributed by atoms with van der Waals surface area (Å²) >= 11 is 11.9. The van der Waals surface area contributed by atoms with Gasteiger partial charge in [-0.2, -0.15) is 0 Å². The third-order valence-electron chi connectivity index (χ3n) is 5.28. The normalized spacial score (nSPS) is 13.8. The molecule has 0 bridgehead atoms. The van der Waals surface area contributed by atoms with Gasteiger partial charge in [0.1, 0.15) is 5.82 Å². The molecule has 9 heteroatoms. The number of anilines is 3. The molecule has 0 spiro atoms. The van der Waals surface area contributed by atoms with Crippen molar-refractivity contribution in [2.75, 3.05) is 41.7 Å². The van der Waals surface area contributed by atoms with Gasteiger partial charge in [-0.05, 0) is 67.6 Å². The Kier molecular flexibility index (Phi) is 7.44. The second kappa shape index (κ2) is 10.7. The molecule has 4 rings (SSSR count). The first-order chi connectivity index (χ1) is 16.0. The fourth-order valence-electron chi connectivity index (χ4n) is 3.57. The van der Waals surface area contributed by atoms with Crippen molar-refractivity contribution in [3.63, 3.8) is 0 Å². The Bertz CT molecular complexity index is 1130. The smallest absolute Gasteiger partial charge is 0.258 e. The number of nitrogens with one attached hydrogen (secondary N) is 3. The summed E-state index contributed by atoms with van der Waals surface area (Å²) in [7, 11) is 0. The fraction of sp³-hybridized carbons (Fsp3) is 0.208. The lowest BCUT2D eigenvalue weighted by Crippen LogP contribution is -2.27. The summed E-state index contributed by atoms with van der Waals surface area (Å²) in [5, 5.41) is 9.72. The molecule has 0 radical (unpaired) electrons. The zero-order valence-electron chi connectivity index (χ0n) is 17.8. The lowest BCUT2D eigenvalue weighted by Gasteiger charge is -2.22. The van der Waals surface area contributed by atoms with Crippen LogP contribution in [0.2, 0.25) is 10.0 Å². The van der Waals surface area contributed by atoms with Crippen molar-refractivity contribution in [3.8, 4) is 0 Å². The molecule has 0 saturated carbocycles. The quantitative estimate of drug-likeness (QED) is 0.489. The van der Waals surface area contributed by atoms with Gasteiger partial charge in [-0.1, -0.05) is 23.2 Å². The number of halogens is 2. The standard InChI is InChI=1S/C24H23Cl2N5O2/c25-17-4-8-21(20(14-17)24(33)30-22-9-5-18(26)15-28-22)29-23(32)16-2-6-19(7-3-16)31-12-1-10-27-11-13-31/h2-9,14-15,27H,1,10-13H2,(H,29,32)(H,28,30,33). The van der Waals surface area contributed by atoms with E-state index in [1.54, 1.807) is 36.4 Å². The Morgan fingerprint density at radius 1 is 0.879 bits per heavy atom. The minimum atomic E-state index is -0.451. The van der Waals surface area contributed by atoms with Crippen LogP contribution in [0.5, 0.6) is 0 Å².